The Morgan fingerprint density at radius 1 is 1.70 bits per heavy atom. The van der Waals surface area contributed by atoms with Gasteiger partial charge in [-0.1, -0.05) is 0 Å². The fourth-order valence-corrected chi connectivity index (χ4v) is 0.704. The van der Waals surface area contributed by atoms with Gasteiger partial charge in [0.05, 0.1) is 6.61 Å². The van der Waals surface area contributed by atoms with Crippen LogP contribution in [-0.2, 0) is 4.79 Å². The number of carbonyl (C=O) groups excluding carboxylic acids is 1. The van der Waals surface area contributed by atoms with E-state index in [2.05, 4.69) is 5.32 Å². The SMILES string of the molecule is CN[C@H](CO)CCC(C)=O. The molecule has 0 aliphatic carbocycles. The van der Waals surface area contributed by atoms with Crippen LogP contribution >= 0.6 is 0 Å². The van der Waals surface area contributed by atoms with Crippen molar-refractivity contribution in [2.24, 2.45) is 0 Å². The van der Waals surface area contributed by atoms with E-state index < -0.39 is 0 Å². The topological polar surface area (TPSA) is 49.3 Å². The molecule has 0 aromatic rings. The summed E-state index contributed by atoms with van der Waals surface area (Å²) in [6.45, 7) is 1.66. The van der Waals surface area contributed by atoms with Crippen LogP contribution in [-0.4, -0.2) is 30.6 Å². The average Bonchev–Trinajstić information content (AvgIpc) is 1.90. The minimum absolute atomic E-state index is 0.0731. The molecule has 1 atom stereocenters. The second-order valence-corrected chi connectivity index (χ2v) is 2.41. The summed E-state index contributed by atoms with van der Waals surface area (Å²) in [6.07, 6.45) is 1.27. The third-order valence-corrected chi connectivity index (χ3v) is 1.47. The van der Waals surface area contributed by atoms with Gasteiger partial charge >= 0.3 is 0 Å². The summed E-state index contributed by atoms with van der Waals surface area (Å²) in [5.41, 5.74) is 0. The lowest BCUT2D eigenvalue weighted by Gasteiger charge is -2.10. The highest BCUT2D eigenvalue weighted by Gasteiger charge is 2.04. The quantitative estimate of drug-likeness (QED) is 0.569. The minimum Gasteiger partial charge on any atom is -0.395 e. The van der Waals surface area contributed by atoms with Gasteiger partial charge in [-0.25, -0.2) is 0 Å². The molecule has 0 aromatic carbocycles. The number of aliphatic hydroxyl groups is 1. The van der Waals surface area contributed by atoms with Gasteiger partial charge in [-0.2, -0.15) is 0 Å². The van der Waals surface area contributed by atoms with Crippen molar-refractivity contribution in [3.05, 3.63) is 0 Å². The van der Waals surface area contributed by atoms with Crippen LogP contribution in [0.1, 0.15) is 19.8 Å². The van der Waals surface area contributed by atoms with E-state index in [-0.39, 0.29) is 18.4 Å². The van der Waals surface area contributed by atoms with Crippen LogP contribution in [0, 0.1) is 0 Å². The first-order valence-corrected chi connectivity index (χ1v) is 3.48. The monoisotopic (exact) mass is 145 g/mol. The molecule has 0 amide bonds. The summed E-state index contributed by atoms with van der Waals surface area (Å²) < 4.78 is 0. The predicted octanol–water partition coefficient (Wildman–Crippen LogP) is -0.0641. The van der Waals surface area contributed by atoms with Crippen molar-refractivity contribution in [1.29, 1.82) is 0 Å². The number of ketones is 1. The van der Waals surface area contributed by atoms with Gasteiger partial charge in [-0.05, 0) is 20.4 Å². The Bertz CT molecular complexity index is 99.8. The summed E-state index contributed by atoms with van der Waals surface area (Å²) in [5.74, 6) is 0.175. The number of carbonyl (C=O) groups is 1. The molecule has 0 rings (SSSR count). The Morgan fingerprint density at radius 3 is 2.60 bits per heavy atom. The Hall–Kier alpha value is -0.410. The Balaban J connectivity index is 3.34. The van der Waals surface area contributed by atoms with Gasteiger partial charge in [-0.3, -0.25) is 0 Å². The van der Waals surface area contributed by atoms with E-state index in [0.717, 1.165) is 6.42 Å². The van der Waals surface area contributed by atoms with E-state index in [1.165, 1.54) is 0 Å². The van der Waals surface area contributed by atoms with E-state index in [9.17, 15) is 4.79 Å². The van der Waals surface area contributed by atoms with E-state index in [4.69, 9.17) is 5.11 Å². The molecule has 0 bridgehead atoms. The second kappa shape index (κ2) is 5.38. The Kier molecular flexibility index (Phi) is 5.16. The lowest BCUT2D eigenvalue weighted by atomic mass is 10.1. The number of rotatable bonds is 5. The zero-order valence-electron chi connectivity index (χ0n) is 6.55. The van der Waals surface area contributed by atoms with Crippen molar-refractivity contribution < 1.29 is 9.90 Å². The maximum atomic E-state index is 10.5. The van der Waals surface area contributed by atoms with Crippen molar-refractivity contribution >= 4 is 5.78 Å². The van der Waals surface area contributed by atoms with Crippen LogP contribution in [0.2, 0.25) is 0 Å². The van der Waals surface area contributed by atoms with Crippen LogP contribution in [0.4, 0.5) is 0 Å². The highest BCUT2D eigenvalue weighted by molar-refractivity contribution is 5.75. The number of hydrogen-bond donors (Lipinski definition) is 2. The summed E-state index contributed by atoms with van der Waals surface area (Å²) in [7, 11) is 1.78. The molecule has 0 aliphatic rings. The third-order valence-electron chi connectivity index (χ3n) is 1.47. The minimum atomic E-state index is 0.0731. The summed E-state index contributed by atoms with van der Waals surface area (Å²) in [4.78, 5) is 10.5. The van der Waals surface area contributed by atoms with Crippen LogP contribution in [0.15, 0.2) is 0 Å². The van der Waals surface area contributed by atoms with E-state index >= 15 is 0 Å². The number of hydrogen-bond acceptors (Lipinski definition) is 3. The predicted molar refractivity (Wildman–Crippen MR) is 39.8 cm³/mol. The van der Waals surface area contributed by atoms with Crippen LogP contribution in [0.5, 0.6) is 0 Å². The highest BCUT2D eigenvalue weighted by Crippen LogP contribution is 1.95. The van der Waals surface area contributed by atoms with E-state index in [1.54, 1.807) is 14.0 Å². The number of aliphatic hydroxyl groups excluding tert-OH is 1. The molecule has 2 N–H and O–H groups in total. The molecule has 0 unspecified atom stereocenters. The molecule has 0 radical (unpaired) electrons. The maximum Gasteiger partial charge on any atom is 0.129 e. The summed E-state index contributed by atoms with van der Waals surface area (Å²) >= 11 is 0. The number of likely N-dealkylation sites (N-methyl/N-ethyl adjacent to an activating group) is 1. The Morgan fingerprint density at radius 2 is 2.30 bits per heavy atom. The van der Waals surface area contributed by atoms with Crippen molar-refractivity contribution in [2.45, 2.75) is 25.8 Å². The molecule has 3 nitrogen and oxygen atoms in total. The van der Waals surface area contributed by atoms with Gasteiger partial charge in [0.25, 0.3) is 0 Å². The highest BCUT2D eigenvalue weighted by atomic mass is 16.3. The first-order chi connectivity index (χ1) is 4.70. The largest absolute Gasteiger partial charge is 0.395 e. The fourth-order valence-electron chi connectivity index (χ4n) is 0.704. The van der Waals surface area contributed by atoms with Crippen LogP contribution < -0.4 is 5.32 Å². The average molecular weight is 145 g/mol. The first-order valence-electron chi connectivity index (χ1n) is 3.48. The second-order valence-electron chi connectivity index (χ2n) is 2.41. The Labute approximate surface area is 61.4 Å². The van der Waals surface area contributed by atoms with Crippen LogP contribution in [0.3, 0.4) is 0 Å². The van der Waals surface area contributed by atoms with Gasteiger partial charge in [0.2, 0.25) is 0 Å². The third kappa shape index (κ3) is 4.47. The van der Waals surface area contributed by atoms with E-state index in [0.29, 0.717) is 6.42 Å². The van der Waals surface area contributed by atoms with Crippen molar-refractivity contribution in [1.82, 2.24) is 5.32 Å². The standard InChI is InChI=1S/C7H15NO2/c1-6(10)3-4-7(5-9)8-2/h7-9H,3-5H2,1-2H3/t7-/m0/s1. The van der Waals surface area contributed by atoms with Gasteiger partial charge in [-0.15, -0.1) is 0 Å². The zero-order valence-corrected chi connectivity index (χ0v) is 6.55. The molecule has 60 valence electrons. The van der Waals surface area contributed by atoms with Crippen molar-refractivity contribution in [3.63, 3.8) is 0 Å². The molecule has 0 fully saturated rings. The van der Waals surface area contributed by atoms with Gasteiger partial charge in [0.15, 0.2) is 0 Å². The molecule has 0 saturated heterocycles. The molecule has 0 saturated carbocycles. The molecule has 0 aliphatic heterocycles. The van der Waals surface area contributed by atoms with E-state index in [1.807, 2.05) is 0 Å². The molecule has 0 aromatic heterocycles. The lowest BCUT2D eigenvalue weighted by Crippen LogP contribution is -2.29. The summed E-state index contributed by atoms with van der Waals surface area (Å²) in [6, 6.07) is 0.0731. The fraction of sp³-hybridized carbons (Fsp3) is 0.857. The van der Waals surface area contributed by atoms with Crippen molar-refractivity contribution in [2.75, 3.05) is 13.7 Å². The molecular formula is C7H15NO2. The van der Waals surface area contributed by atoms with Gasteiger partial charge in [0.1, 0.15) is 5.78 Å². The van der Waals surface area contributed by atoms with Gasteiger partial charge in [0, 0.05) is 12.5 Å². The summed E-state index contributed by atoms with van der Waals surface area (Å²) in [5, 5.41) is 11.6. The smallest absolute Gasteiger partial charge is 0.129 e. The maximum absolute atomic E-state index is 10.5. The zero-order chi connectivity index (χ0) is 7.98. The molecular weight excluding hydrogens is 130 g/mol. The number of Topliss-reactive ketones (excluding diaryl/α,β-unsaturated/α-hetero) is 1. The van der Waals surface area contributed by atoms with Crippen LogP contribution in [0.25, 0.3) is 0 Å². The molecule has 3 heteroatoms. The normalized spacial score (nSPS) is 13.1. The first kappa shape index (κ1) is 9.59. The lowest BCUT2D eigenvalue weighted by molar-refractivity contribution is -0.117. The molecule has 10 heavy (non-hydrogen) atoms. The number of nitrogens with one attached hydrogen (secondary N) is 1. The molecule has 0 heterocycles. The molecule has 0 spiro atoms. The van der Waals surface area contributed by atoms with Crippen molar-refractivity contribution in [3.8, 4) is 0 Å². The van der Waals surface area contributed by atoms with Gasteiger partial charge < -0.3 is 15.2 Å².